The molecule has 6 heteroatoms. The Morgan fingerprint density at radius 3 is 2.12 bits per heavy atom. The second-order valence-electron chi connectivity index (χ2n) is 5.43. The van der Waals surface area contributed by atoms with Gasteiger partial charge in [-0.05, 0) is 49.2 Å². The van der Waals surface area contributed by atoms with Crippen molar-refractivity contribution in [3.05, 3.63) is 52.5 Å². The smallest absolute Gasteiger partial charge is 0.262 e. The summed E-state index contributed by atoms with van der Waals surface area (Å²) in [5.41, 5.74) is 2.84. The van der Waals surface area contributed by atoms with Gasteiger partial charge >= 0.3 is 0 Å². The number of amides is 2. The highest BCUT2D eigenvalue weighted by Crippen LogP contribution is 2.26. The predicted octanol–water partition coefficient (Wildman–Crippen LogP) is 3.93. The lowest BCUT2D eigenvalue weighted by Crippen LogP contribution is -2.21. The van der Waals surface area contributed by atoms with Gasteiger partial charge in [-0.3, -0.25) is 9.59 Å². The summed E-state index contributed by atoms with van der Waals surface area (Å²) in [6, 6.07) is 10.5. The Morgan fingerprint density at radius 1 is 1.04 bits per heavy atom. The number of benzene rings is 2. The molecule has 24 heavy (non-hydrogen) atoms. The van der Waals surface area contributed by atoms with Gasteiger partial charge in [0.05, 0.1) is 11.4 Å². The van der Waals surface area contributed by atoms with Gasteiger partial charge in [0.15, 0.2) is 6.61 Å². The summed E-state index contributed by atoms with van der Waals surface area (Å²) >= 11 is 6.11. The third kappa shape index (κ3) is 4.73. The van der Waals surface area contributed by atoms with E-state index in [1.165, 1.54) is 6.92 Å². The molecule has 2 aromatic carbocycles. The molecule has 0 atom stereocenters. The van der Waals surface area contributed by atoms with E-state index < -0.39 is 0 Å². The third-order valence-electron chi connectivity index (χ3n) is 3.29. The van der Waals surface area contributed by atoms with Gasteiger partial charge in [0.1, 0.15) is 5.75 Å². The molecule has 0 aromatic heterocycles. The van der Waals surface area contributed by atoms with Crippen LogP contribution in [0.1, 0.15) is 18.1 Å². The average molecular weight is 347 g/mol. The topological polar surface area (TPSA) is 67.4 Å². The SMILES string of the molecule is CC(=O)Nc1ccccc1NC(=O)COc1cc(C)c(Cl)c(C)c1. The molecule has 2 aromatic rings. The van der Waals surface area contributed by atoms with E-state index >= 15 is 0 Å². The number of aryl methyl sites for hydroxylation is 2. The van der Waals surface area contributed by atoms with Crippen molar-refractivity contribution in [2.24, 2.45) is 0 Å². The highest BCUT2D eigenvalue weighted by atomic mass is 35.5. The van der Waals surface area contributed by atoms with E-state index in [1.54, 1.807) is 36.4 Å². The third-order valence-corrected chi connectivity index (χ3v) is 3.89. The van der Waals surface area contributed by atoms with Crippen molar-refractivity contribution in [3.63, 3.8) is 0 Å². The number of carbonyl (C=O) groups is 2. The summed E-state index contributed by atoms with van der Waals surface area (Å²) < 4.78 is 5.52. The zero-order valence-corrected chi connectivity index (χ0v) is 14.5. The molecule has 5 nitrogen and oxygen atoms in total. The van der Waals surface area contributed by atoms with Gasteiger partial charge in [-0.2, -0.15) is 0 Å². The number of halogens is 1. The minimum atomic E-state index is -0.321. The van der Waals surface area contributed by atoms with Crippen LogP contribution in [0.5, 0.6) is 5.75 Å². The van der Waals surface area contributed by atoms with E-state index in [0.717, 1.165) is 11.1 Å². The Labute approximate surface area is 146 Å². The Bertz CT molecular complexity index is 752. The largest absolute Gasteiger partial charge is 0.484 e. The first-order chi connectivity index (χ1) is 11.4. The number of anilines is 2. The molecule has 0 saturated carbocycles. The summed E-state index contributed by atoms with van der Waals surface area (Å²) in [5, 5.41) is 6.08. The molecule has 2 rings (SSSR count). The second kappa shape index (κ2) is 7.84. The van der Waals surface area contributed by atoms with Crippen molar-refractivity contribution in [2.75, 3.05) is 17.2 Å². The van der Waals surface area contributed by atoms with E-state index in [0.29, 0.717) is 22.1 Å². The van der Waals surface area contributed by atoms with Gasteiger partial charge in [0, 0.05) is 11.9 Å². The highest BCUT2D eigenvalue weighted by molar-refractivity contribution is 6.32. The number of nitrogens with one attached hydrogen (secondary N) is 2. The molecule has 0 unspecified atom stereocenters. The number of para-hydroxylation sites is 2. The van der Waals surface area contributed by atoms with Crippen LogP contribution in [-0.2, 0) is 9.59 Å². The van der Waals surface area contributed by atoms with Crippen molar-refractivity contribution in [1.82, 2.24) is 0 Å². The van der Waals surface area contributed by atoms with Crippen molar-refractivity contribution in [3.8, 4) is 5.75 Å². The van der Waals surface area contributed by atoms with E-state index in [4.69, 9.17) is 16.3 Å². The molecule has 0 aliphatic heterocycles. The molecule has 2 N–H and O–H groups in total. The minimum Gasteiger partial charge on any atom is -0.484 e. The van der Waals surface area contributed by atoms with Crippen LogP contribution >= 0.6 is 11.6 Å². The molecule has 2 amide bonds. The van der Waals surface area contributed by atoms with Crippen LogP contribution in [0.25, 0.3) is 0 Å². The normalized spacial score (nSPS) is 10.2. The minimum absolute atomic E-state index is 0.144. The van der Waals surface area contributed by atoms with Crippen LogP contribution in [-0.4, -0.2) is 18.4 Å². The standard InChI is InChI=1S/C18H19ClN2O3/c1-11-8-14(9-12(2)18(11)19)24-10-17(23)21-16-7-5-4-6-15(16)20-13(3)22/h4-9H,10H2,1-3H3,(H,20,22)(H,21,23). The fourth-order valence-corrected chi connectivity index (χ4v) is 2.32. The van der Waals surface area contributed by atoms with Crippen LogP contribution in [0.4, 0.5) is 11.4 Å². The fourth-order valence-electron chi connectivity index (χ4n) is 2.22. The Kier molecular flexibility index (Phi) is 5.82. The first-order valence-corrected chi connectivity index (χ1v) is 7.80. The predicted molar refractivity (Wildman–Crippen MR) is 95.8 cm³/mol. The summed E-state index contributed by atoms with van der Waals surface area (Å²) in [5.74, 6) is 0.0535. The molecule has 0 fully saturated rings. The van der Waals surface area contributed by atoms with Crippen LogP contribution in [0, 0.1) is 13.8 Å². The first kappa shape index (κ1) is 17.8. The average Bonchev–Trinajstić information content (AvgIpc) is 2.52. The molecular formula is C18H19ClN2O3. The molecule has 0 bridgehead atoms. The summed E-state index contributed by atoms with van der Waals surface area (Å²) in [6.07, 6.45) is 0. The van der Waals surface area contributed by atoms with Crippen LogP contribution in [0.15, 0.2) is 36.4 Å². The molecule has 0 heterocycles. The maximum absolute atomic E-state index is 12.1. The first-order valence-electron chi connectivity index (χ1n) is 7.43. The number of hydrogen-bond acceptors (Lipinski definition) is 3. The zero-order chi connectivity index (χ0) is 17.7. The maximum atomic E-state index is 12.1. The lowest BCUT2D eigenvalue weighted by molar-refractivity contribution is -0.118. The zero-order valence-electron chi connectivity index (χ0n) is 13.8. The lowest BCUT2D eigenvalue weighted by atomic mass is 10.1. The number of carbonyl (C=O) groups excluding carboxylic acids is 2. The van der Waals surface area contributed by atoms with Gasteiger partial charge in [0.25, 0.3) is 5.91 Å². The molecule has 0 aliphatic rings. The number of rotatable bonds is 5. The lowest BCUT2D eigenvalue weighted by Gasteiger charge is -2.12. The van der Waals surface area contributed by atoms with Crippen LogP contribution < -0.4 is 15.4 Å². The van der Waals surface area contributed by atoms with Gasteiger partial charge in [-0.1, -0.05) is 23.7 Å². The molecule has 0 radical (unpaired) electrons. The van der Waals surface area contributed by atoms with Gasteiger partial charge in [-0.15, -0.1) is 0 Å². The van der Waals surface area contributed by atoms with Gasteiger partial charge in [-0.25, -0.2) is 0 Å². The highest BCUT2D eigenvalue weighted by Gasteiger charge is 2.09. The summed E-state index contributed by atoms with van der Waals surface area (Å²) in [4.78, 5) is 23.3. The molecule has 0 spiro atoms. The van der Waals surface area contributed by atoms with Gasteiger partial charge in [0.2, 0.25) is 5.91 Å². The molecule has 126 valence electrons. The maximum Gasteiger partial charge on any atom is 0.262 e. The van der Waals surface area contributed by atoms with Crippen LogP contribution in [0.3, 0.4) is 0 Å². The van der Waals surface area contributed by atoms with E-state index in [2.05, 4.69) is 10.6 Å². The summed E-state index contributed by atoms with van der Waals surface area (Å²) in [6.45, 7) is 5.03. The Balaban J connectivity index is 2.01. The monoisotopic (exact) mass is 346 g/mol. The van der Waals surface area contributed by atoms with Crippen molar-refractivity contribution < 1.29 is 14.3 Å². The molecular weight excluding hydrogens is 328 g/mol. The Morgan fingerprint density at radius 2 is 1.58 bits per heavy atom. The quantitative estimate of drug-likeness (QED) is 0.861. The van der Waals surface area contributed by atoms with E-state index in [1.807, 2.05) is 13.8 Å². The van der Waals surface area contributed by atoms with Gasteiger partial charge < -0.3 is 15.4 Å². The van der Waals surface area contributed by atoms with Crippen molar-refractivity contribution >= 4 is 34.8 Å². The number of ether oxygens (including phenoxy) is 1. The summed E-state index contributed by atoms with van der Waals surface area (Å²) in [7, 11) is 0. The molecule has 0 saturated heterocycles. The van der Waals surface area contributed by atoms with Crippen molar-refractivity contribution in [1.29, 1.82) is 0 Å². The van der Waals surface area contributed by atoms with Crippen molar-refractivity contribution in [2.45, 2.75) is 20.8 Å². The second-order valence-corrected chi connectivity index (χ2v) is 5.81. The molecule has 0 aliphatic carbocycles. The Hall–Kier alpha value is -2.53. The number of hydrogen-bond donors (Lipinski definition) is 2. The van der Waals surface area contributed by atoms with E-state index in [9.17, 15) is 9.59 Å². The van der Waals surface area contributed by atoms with E-state index in [-0.39, 0.29) is 18.4 Å². The van der Waals surface area contributed by atoms with Crippen LogP contribution in [0.2, 0.25) is 5.02 Å². The fraction of sp³-hybridized carbons (Fsp3) is 0.222.